The molecule has 0 aliphatic carbocycles. The van der Waals surface area contributed by atoms with E-state index in [1.165, 1.54) is 24.8 Å². The molecule has 11 heteroatoms. The van der Waals surface area contributed by atoms with Gasteiger partial charge in [-0.1, -0.05) is 41.9 Å². The molecule has 0 spiro atoms. The maximum Gasteiger partial charge on any atom is 0.337 e. The van der Waals surface area contributed by atoms with Crippen molar-refractivity contribution in [2.24, 2.45) is 0 Å². The number of nitro benzene ring substituents is 1. The van der Waals surface area contributed by atoms with Crippen molar-refractivity contribution in [3.05, 3.63) is 98.6 Å². The zero-order valence-electron chi connectivity index (χ0n) is 20.1. The Morgan fingerprint density at radius 2 is 1.73 bits per heavy atom. The maximum atomic E-state index is 13.0. The minimum absolute atomic E-state index is 0. The van der Waals surface area contributed by atoms with Gasteiger partial charge >= 0.3 is 5.97 Å². The Bertz CT molecular complexity index is 1280. The summed E-state index contributed by atoms with van der Waals surface area (Å²) in [7, 11) is 1.29. The quantitative estimate of drug-likeness (QED) is 0.252. The first-order valence-electron chi connectivity index (χ1n) is 11.3. The number of rotatable bonds is 7. The molecule has 3 aromatic carbocycles. The largest absolute Gasteiger partial charge is 0.465 e. The molecule has 194 valence electrons. The summed E-state index contributed by atoms with van der Waals surface area (Å²) < 4.78 is 4.83. The summed E-state index contributed by atoms with van der Waals surface area (Å²) in [6.45, 7) is 3.97. The van der Waals surface area contributed by atoms with Crippen molar-refractivity contribution >= 4 is 52.9 Å². The second kappa shape index (κ2) is 12.5. The average Bonchev–Trinajstić information content (AvgIpc) is 2.89. The summed E-state index contributed by atoms with van der Waals surface area (Å²) in [4.78, 5) is 40.1. The van der Waals surface area contributed by atoms with Gasteiger partial charge < -0.3 is 15.0 Å². The molecule has 1 N–H and O–H groups in total. The summed E-state index contributed by atoms with van der Waals surface area (Å²) in [6, 6.07) is 18.9. The number of nitrogens with zero attached hydrogens (tertiary/aromatic N) is 3. The van der Waals surface area contributed by atoms with Crippen LogP contribution in [0.2, 0.25) is 5.02 Å². The molecule has 0 unspecified atom stereocenters. The highest BCUT2D eigenvalue weighted by Crippen LogP contribution is 2.31. The standard InChI is InChI=1S/C26H25ClN4O5.ClH/c1-36-26(33)19-7-10-24(30-13-11-29(12-14-30)17-18-5-3-2-4-6-18)23(15-19)28-25(32)21-9-8-20(31(34)35)16-22(21)27;/h2-10,15-16H,11-14,17H2,1H3,(H,28,32);1H. The van der Waals surface area contributed by atoms with Gasteiger partial charge in [-0.05, 0) is 29.8 Å². The molecule has 1 aliphatic rings. The van der Waals surface area contributed by atoms with Gasteiger partial charge in [0, 0.05) is 44.9 Å². The van der Waals surface area contributed by atoms with Crippen LogP contribution in [0.15, 0.2) is 66.7 Å². The van der Waals surface area contributed by atoms with Crippen molar-refractivity contribution in [1.82, 2.24) is 4.90 Å². The number of hydrogen-bond donors (Lipinski definition) is 1. The number of nitrogens with one attached hydrogen (secondary N) is 1. The molecule has 0 radical (unpaired) electrons. The van der Waals surface area contributed by atoms with Crippen LogP contribution in [0.3, 0.4) is 0 Å². The van der Waals surface area contributed by atoms with E-state index in [-0.39, 0.29) is 34.2 Å². The van der Waals surface area contributed by atoms with Crippen molar-refractivity contribution in [2.45, 2.75) is 6.54 Å². The molecule has 1 heterocycles. The Labute approximate surface area is 225 Å². The van der Waals surface area contributed by atoms with Crippen LogP contribution in [-0.2, 0) is 11.3 Å². The predicted octanol–water partition coefficient (Wildman–Crippen LogP) is 5.03. The Morgan fingerprint density at radius 3 is 2.35 bits per heavy atom. The van der Waals surface area contributed by atoms with Crippen LogP contribution in [0.4, 0.5) is 17.1 Å². The first-order valence-corrected chi connectivity index (χ1v) is 11.7. The first-order chi connectivity index (χ1) is 17.4. The highest BCUT2D eigenvalue weighted by Gasteiger charge is 2.23. The van der Waals surface area contributed by atoms with Crippen LogP contribution < -0.4 is 10.2 Å². The second-order valence-electron chi connectivity index (χ2n) is 8.35. The van der Waals surface area contributed by atoms with Crippen LogP contribution >= 0.6 is 24.0 Å². The minimum Gasteiger partial charge on any atom is -0.465 e. The van der Waals surface area contributed by atoms with Gasteiger partial charge in [0.25, 0.3) is 11.6 Å². The summed E-state index contributed by atoms with van der Waals surface area (Å²) in [5, 5.41) is 13.8. The van der Waals surface area contributed by atoms with E-state index in [1.54, 1.807) is 18.2 Å². The number of anilines is 2. The third-order valence-corrected chi connectivity index (χ3v) is 6.35. The number of benzene rings is 3. The molecule has 0 aromatic heterocycles. The van der Waals surface area contributed by atoms with E-state index in [1.807, 2.05) is 18.2 Å². The number of hydrogen-bond acceptors (Lipinski definition) is 7. The van der Waals surface area contributed by atoms with Crippen molar-refractivity contribution in [3.63, 3.8) is 0 Å². The fourth-order valence-electron chi connectivity index (χ4n) is 4.14. The molecule has 1 amide bonds. The summed E-state index contributed by atoms with van der Waals surface area (Å²) >= 11 is 6.15. The lowest BCUT2D eigenvalue weighted by Gasteiger charge is -2.37. The number of amides is 1. The maximum absolute atomic E-state index is 13.0. The number of piperazine rings is 1. The summed E-state index contributed by atoms with van der Waals surface area (Å²) in [5.41, 5.74) is 2.60. The molecule has 37 heavy (non-hydrogen) atoms. The molecule has 1 fully saturated rings. The van der Waals surface area contributed by atoms with E-state index in [9.17, 15) is 19.7 Å². The number of carbonyl (C=O) groups is 2. The zero-order chi connectivity index (χ0) is 25.7. The Morgan fingerprint density at radius 1 is 1.03 bits per heavy atom. The van der Waals surface area contributed by atoms with E-state index in [0.29, 0.717) is 5.69 Å². The number of methoxy groups -OCH3 is 1. The van der Waals surface area contributed by atoms with Gasteiger partial charge in [0.2, 0.25) is 0 Å². The Balaban J connectivity index is 0.00000380. The third kappa shape index (κ3) is 6.76. The number of halogens is 2. The number of ether oxygens (including phenoxy) is 1. The highest BCUT2D eigenvalue weighted by molar-refractivity contribution is 6.34. The number of esters is 1. The monoisotopic (exact) mass is 544 g/mol. The normalized spacial score (nSPS) is 13.4. The summed E-state index contributed by atoms with van der Waals surface area (Å²) in [5.74, 6) is -1.07. The van der Waals surface area contributed by atoms with Crippen LogP contribution in [0.25, 0.3) is 0 Å². The fourth-order valence-corrected chi connectivity index (χ4v) is 4.40. The van der Waals surface area contributed by atoms with E-state index in [4.69, 9.17) is 16.3 Å². The molecule has 4 rings (SSSR count). The third-order valence-electron chi connectivity index (χ3n) is 6.04. The second-order valence-corrected chi connectivity index (χ2v) is 8.75. The number of carbonyl (C=O) groups excluding carboxylic acids is 2. The number of non-ortho nitro benzene ring substituents is 1. The first kappa shape index (κ1) is 27.9. The van der Waals surface area contributed by atoms with Crippen molar-refractivity contribution < 1.29 is 19.2 Å². The lowest BCUT2D eigenvalue weighted by atomic mass is 10.1. The van der Waals surface area contributed by atoms with Crippen LogP contribution in [-0.4, -0.2) is 55.0 Å². The molecule has 3 aromatic rings. The average molecular weight is 545 g/mol. The highest BCUT2D eigenvalue weighted by atomic mass is 35.5. The lowest BCUT2D eigenvalue weighted by molar-refractivity contribution is -0.384. The molecule has 1 saturated heterocycles. The Hall–Kier alpha value is -3.66. The van der Waals surface area contributed by atoms with Gasteiger partial charge in [-0.2, -0.15) is 0 Å². The van der Waals surface area contributed by atoms with Gasteiger partial charge in [-0.25, -0.2) is 4.79 Å². The molecule has 0 bridgehead atoms. The van der Waals surface area contributed by atoms with Gasteiger partial charge in [-0.15, -0.1) is 12.4 Å². The SMILES string of the molecule is COC(=O)c1ccc(N2CCN(Cc3ccccc3)CC2)c(NC(=O)c2ccc([N+](=O)[O-])cc2Cl)c1.Cl. The molecule has 9 nitrogen and oxygen atoms in total. The predicted molar refractivity (Wildman–Crippen MR) is 145 cm³/mol. The van der Waals surface area contributed by atoms with Crippen LogP contribution in [0.1, 0.15) is 26.3 Å². The molecular weight excluding hydrogens is 519 g/mol. The topological polar surface area (TPSA) is 105 Å². The fraction of sp³-hybridized carbons (Fsp3) is 0.231. The van der Waals surface area contributed by atoms with E-state index in [2.05, 4.69) is 27.2 Å². The van der Waals surface area contributed by atoms with Crippen LogP contribution in [0, 0.1) is 10.1 Å². The zero-order valence-corrected chi connectivity index (χ0v) is 21.6. The molecule has 0 saturated carbocycles. The van der Waals surface area contributed by atoms with Gasteiger partial charge in [0.15, 0.2) is 0 Å². The smallest absolute Gasteiger partial charge is 0.337 e. The molecule has 0 atom stereocenters. The van der Waals surface area contributed by atoms with E-state index < -0.39 is 16.8 Å². The lowest BCUT2D eigenvalue weighted by Crippen LogP contribution is -2.46. The van der Waals surface area contributed by atoms with Gasteiger partial charge in [0.1, 0.15) is 0 Å². The van der Waals surface area contributed by atoms with Gasteiger partial charge in [-0.3, -0.25) is 19.8 Å². The van der Waals surface area contributed by atoms with Gasteiger partial charge in [0.05, 0.1) is 39.6 Å². The van der Waals surface area contributed by atoms with Crippen molar-refractivity contribution in [1.29, 1.82) is 0 Å². The molecule has 1 aliphatic heterocycles. The van der Waals surface area contributed by atoms with Crippen LogP contribution in [0.5, 0.6) is 0 Å². The summed E-state index contributed by atoms with van der Waals surface area (Å²) in [6.07, 6.45) is 0. The molecular formula is C26H26Cl2N4O5. The number of nitro groups is 1. The van der Waals surface area contributed by atoms with E-state index in [0.717, 1.165) is 44.5 Å². The van der Waals surface area contributed by atoms with E-state index >= 15 is 0 Å². The van der Waals surface area contributed by atoms with Crippen molar-refractivity contribution in [2.75, 3.05) is 43.5 Å². The minimum atomic E-state index is -0.580. The van der Waals surface area contributed by atoms with Crippen molar-refractivity contribution in [3.8, 4) is 0 Å². The Kier molecular flexibility index (Phi) is 9.46.